The third-order valence-corrected chi connectivity index (χ3v) is 2.49. The fraction of sp³-hybridized carbons (Fsp3) is 0.417. The maximum Gasteiger partial charge on any atom is 0.416 e. The molecule has 0 spiro atoms. The summed E-state index contributed by atoms with van der Waals surface area (Å²) in [7, 11) is 1.50. The van der Waals surface area contributed by atoms with Crippen molar-refractivity contribution in [3.05, 3.63) is 35.4 Å². The van der Waals surface area contributed by atoms with Crippen LogP contribution in [0.2, 0.25) is 0 Å². The van der Waals surface area contributed by atoms with Crippen LogP contribution in [0.4, 0.5) is 13.2 Å². The highest BCUT2D eigenvalue weighted by Crippen LogP contribution is 2.29. The van der Waals surface area contributed by atoms with Crippen LogP contribution in [0.15, 0.2) is 24.3 Å². The van der Waals surface area contributed by atoms with Gasteiger partial charge in [0.25, 0.3) is 0 Å². The Bertz CT molecular complexity index is 401. The number of alkyl halides is 3. The molecule has 0 bridgehead atoms. The summed E-state index contributed by atoms with van der Waals surface area (Å²) in [6, 6.07) is 5.05. The summed E-state index contributed by atoms with van der Waals surface area (Å²) < 4.78 is 37.4. The average molecular weight is 245 g/mol. The van der Waals surface area contributed by atoms with Gasteiger partial charge in [-0.05, 0) is 18.1 Å². The smallest absolute Gasteiger partial charge is 0.359 e. The Balaban J connectivity index is 2.83. The number of halogens is 3. The van der Waals surface area contributed by atoms with Crippen molar-refractivity contribution in [3.63, 3.8) is 0 Å². The normalized spacial score (nSPS) is 13.2. The fourth-order valence-electron chi connectivity index (χ4n) is 1.57. The summed E-state index contributed by atoms with van der Waals surface area (Å²) in [6.07, 6.45) is -4.05. The minimum absolute atomic E-state index is 0.178. The van der Waals surface area contributed by atoms with Crippen LogP contribution < -0.4 is 5.32 Å². The van der Waals surface area contributed by atoms with Gasteiger partial charge < -0.3 is 5.32 Å². The number of nitrogens with one attached hydrogen (secondary N) is 1. The predicted molar refractivity (Wildman–Crippen MR) is 58.4 cm³/mol. The number of carbonyl (C=O) groups is 1. The minimum atomic E-state index is -4.34. The molecule has 1 aromatic rings. The Morgan fingerprint density at radius 1 is 1.41 bits per heavy atom. The summed E-state index contributed by atoms with van der Waals surface area (Å²) in [5.74, 6) is -0.522. The molecule has 0 heterocycles. The van der Waals surface area contributed by atoms with E-state index < -0.39 is 11.7 Å². The third-order valence-electron chi connectivity index (χ3n) is 2.49. The molecule has 0 saturated heterocycles. The van der Waals surface area contributed by atoms with Gasteiger partial charge in [0.1, 0.15) is 0 Å². The lowest BCUT2D eigenvalue weighted by Crippen LogP contribution is -2.26. The van der Waals surface area contributed by atoms with Gasteiger partial charge in [-0.15, -0.1) is 0 Å². The molecule has 0 saturated carbocycles. The first-order valence-electron chi connectivity index (χ1n) is 5.22. The topological polar surface area (TPSA) is 29.1 Å². The fourth-order valence-corrected chi connectivity index (χ4v) is 1.57. The molecule has 1 rings (SSSR count). The van der Waals surface area contributed by atoms with Crippen molar-refractivity contribution < 1.29 is 18.0 Å². The lowest BCUT2D eigenvalue weighted by molar-refractivity contribution is -0.137. The van der Waals surface area contributed by atoms with E-state index in [2.05, 4.69) is 5.32 Å². The van der Waals surface area contributed by atoms with Gasteiger partial charge in [0.2, 0.25) is 5.91 Å². The van der Waals surface area contributed by atoms with E-state index in [4.69, 9.17) is 0 Å². The molecule has 1 atom stereocenters. The molecule has 1 aromatic carbocycles. The zero-order chi connectivity index (χ0) is 13.1. The summed E-state index contributed by atoms with van der Waals surface area (Å²) in [6.45, 7) is 1.68. The maximum absolute atomic E-state index is 12.5. The third kappa shape index (κ3) is 3.76. The van der Waals surface area contributed by atoms with Crippen LogP contribution in [0.1, 0.15) is 18.1 Å². The van der Waals surface area contributed by atoms with Crippen molar-refractivity contribution >= 4 is 5.91 Å². The monoisotopic (exact) mass is 245 g/mol. The maximum atomic E-state index is 12.5. The molecule has 0 aliphatic heterocycles. The Hall–Kier alpha value is -1.52. The molecule has 0 fully saturated rings. The van der Waals surface area contributed by atoms with E-state index in [9.17, 15) is 18.0 Å². The van der Waals surface area contributed by atoms with Crippen LogP contribution in [0, 0.1) is 5.92 Å². The number of hydrogen-bond acceptors (Lipinski definition) is 1. The zero-order valence-corrected chi connectivity index (χ0v) is 9.64. The van der Waals surface area contributed by atoms with Crippen molar-refractivity contribution in [1.29, 1.82) is 0 Å². The molecule has 0 unspecified atom stereocenters. The Labute approximate surface area is 97.8 Å². The van der Waals surface area contributed by atoms with Gasteiger partial charge in [-0.3, -0.25) is 4.79 Å². The van der Waals surface area contributed by atoms with E-state index in [1.807, 2.05) is 0 Å². The molecule has 94 valence electrons. The molecule has 0 aliphatic rings. The number of rotatable bonds is 3. The number of hydrogen-bond donors (Lipinski definition) is 1. The van der Waals surface area contributed by atoms with Gasteiger partial charge in [0.05, 0.1) is 5.56 Å². The number of benzene rings is 1. The predicted octanol–water partition coefficient (Wildman–Crippen LogP) is 2.63. The Morgan fingerprint density at radius 3 is 2.59 bits per heavy atom. The largest absolute Gasteiger partial charge is 0.416 e. The second-order valence-corrected chi connectivity index (χ2v) is 3.92. The van der Waals surface area contributed by atoms with Crippen molar-refractivity contribution in [2.75, 3.05) is 7.05 Å². The summed E-state index contributed by atoms with van der Waals surface area (Å²) in [4.78, 5) is 11.3. The first-order valence-corrected chi connectivity index (χ1v) is 5.22. The Morgan fingerprint density at radius 2 is 2.06 bits per heavy atom. The number of amides is 1. The molecule has 2 nitrogen and oxygen atoms in total. The van der Waals surface area contributed by atoms with Gasteiger partial charge in [-0.25, -0.2) is 0 Å². The van der Waals surface area contributed by atoms with E-state index in [0.29, 0.717) is 12.0 Å². The Kier molecular flexibility index (Phi) is 4.15. The van der Waals surface area contributed by atoms with Gasteiger partial charge >= 0.3 is 6.18 Å². The van der Waals surface area contributed by atoms with E-state index in [1.54, 1.807) is 13.0 Å². The highest BCUT2D eigenvalue weighted by molar-refractivity contribution is 5.78. The van der Waals surface area contributed by atoms with Crippen LogP contribution in [-0.2, 0) is 17.4 Å². The molecule has 0 radical (unpaired) electrons. The van der Waals surface area contributed by atoms with Crippen LogP contribution in [0.3, 0.4) is 0 Å². The molecule has 1 amide bonds. The zero-order valence-electron chi connectivity index (χ0n) is 9.64. The van der Waals surface area contributed by atoms with Crippen LogP contribution in [-0.4, -0.2) is 13.0 Å². The van der Waals surface area contributed by atoms with Crippen LogP contribution >= 0.6 is 0 Å². The van der Waals surface area contributed by atoms with E-state index in [-0.39, 0.29) is 11.8 Å². The molecular weight excluding hydrogens is 231 g/mol. The van der Waals surface area contributed by atoms with Gasteiger partial charge in [-0.1, -0.05) is 25.1 Å². The standard InChI is InChI=1S/C12H14F3NO/c1-8(11(17)16-2)6-9-4-3-5-10(7-9)12(13,14)15/h3-5,7-8H,6H2,1-2H3,(H,16,17)/t8-/m1/s1. The quantitative estimate of drug-likeness (QED) is 0.871. The highest BCUT2D eigenvalue weighted by Gasteiger charge is 2.30. The van der Waals surface area contributed by atoms with Crippen molar-refractivity contribution in [2.45, 2.75) is 19.5 Å². The second kappa shape index (κ2) is 5.21. The van der Waals surface area contributed by atoms with Crippen LogP contribution in [0.5, 0.6) is 0 Å². The summed E-state index contributed by atoms with van der Waals surface area (Å²) in [5.41, 5.74) is -0.171. The second-order valence-electron chi connectivity index (χ2n) is 3.92. The van der Waals surface area contributed by atoms with E-state index >= 15 is 0 Å². The lowest BCUT2D eigenvalue weighted by atomic mass is 9.99. The first-order chi connectivity index (χ1) is 7.84. The molecule has 17 heavy (non-hydrogen) atoms. The van der Waals surface area contributed by atoms with Gasteiger partial charge in [0, 0.05) is 13.0 Å². The lowest BCUT2D eigenvalue weighted by Gasteiger charge is -2.12. The van der Waals surface area contributed by atoms with Crippen molar-refractivity contribution in [3.8, 4) is 0 Å². The van der Waals surface area contributed by atoms with Crippen molar-refractivity contribution in [2.24, 2.45) is 5.92 Å². The summed E-state index contributed by atoms with van der Waals surface area (Å²) >= 11 is 0. The molecule has 0 aromatic heterocycles. The minimum Gasteiger partial charge on any atom is -0.359 e. The highest BCUT2D eigenvalue weighted by atomic mass is 19.4. The molecule has 0 aliphatic carbocycles. The number of carbonyl (C=O) groups excluding carboxylic acids is 1. The van der Waals surface area contributed by atoms with E-state index in [0.717, 1.165) is 12.1 Å². The van der Waals surface area contributed by atoms with Crippen molar-refractivity contribution in [1.82, 2.24) is 5.32 Å². The SMILES string of the molecule is CNC(=O)[C@H](C)Cc1cccc(C(F)(F)F)c1. The van der Waals surface area contributed by atoms with E-state index in [1.165, 1.54) is 13.1 Å². The van der Waals surface area contributed by atoms with Gasteiger partial charge in [0.15, 0.2) is 0 Å². The first kappa shape index (κ1) is 13.5. The average Bonchev–Trinajstić information content (AvgIpc) is 2.27. The molecule has 1 N–H and O–H groups in total. The molecule has 5 heteroatoms. The van der Waals surface area contributed by atoms with Crippen LogP contribution in [0.25, 0.3) is 0 Å². The van der Waals surface area contributed by atoms with Gasteiger partial charge in [-0.2, -0.15) is 13.2 Å². The summed E-state index contributed by atoms with van der Waals surface area (Å²) in [5, 5.41) is 2.47. The molecular formula is C12H14F3NO.